The third-order valence-electron chi connectivity index (χ3n) is 5.09. The fourth-order valence-electron chi connectivity index (χ4n) is 3.62. The van der Waals surface area contributed by atoms with E-state index in [1.807, 2.05) is 0 Å². The van der Waals surface area contributed by atoms with E-state index in [9.17, 15) is 4.79 Å². The van der Waals surface area contributed by atoms with Crippen LogP contribution in [0.5, 0.6) is 0 Å². The maximum atomic E-state index is 12.6. The summed E-state index contributed by atoms with van der Waals surface area (Å²) in [5.41, 5.74) is 4.85. The number of fused-ring (bicyclic) bond motifs is 1. The van der Waals surface area contributed by atoms with E-state index in [0.717, 1.165) is 55.0 Å². The molecule has 0 fully saturated rings. The lowest BCUT2D eigenvalue weighted by Gasteiger charge is -2.15. The standard InChI is InChI=1S/C22H32NO2P/c1-5-9-17-19-14-16(26)12-13-20(19)23-21(17)18(22(24)25-4)11-8-10-15(6-2)7-3/h10,12-14,18,23H,5-9,11,26H2,1-4H3. The van der Waals surface area contributed by atoms with Crippen molar-refractivity contribution in [2.45, 2.75) is 65.2 Å². The minimum Gasteiger partial charge on any atom is -0.469 e. The molecular formula is C22H32NO2P. The molecule has 0 amide bonds. The molecule has 142 valence electrons. The molecule has 0 saturated carbocycles. The monoisotopic (exact) mass is 373 g/mol. The van der Waals surface area contributed by atoms with Crippen molar-refractivity contribution in [3.05, 3.63) is 41.1 Å². The molecule has 0 radical (unpaired) electrons. The summed E-state index contributed by atoms with van der Waals surface area (Å²) < 4.78 is 5.15. The first-order chi connectivity index (χ1) is 12.5. The van der Waals surface area contributed by atoms with Gasteiger partial charge in [-0.2, -0.15) is 0 Å². The second-order valence-electron chi connectivity index (χ2n) is 6.79. The SMILES string of the molecule is CCCc1c(C(CCC=C(CC)CC)C(=O)OC)[nH]c2ccc(P)cc12. The summed E-state index contributed by atoms with van der Waals surface area (Å²) in [5.74, 6) is -0.393. The second kappa shape index (κ2) is 9.92. The molecular weight excluding hydrogens is 341 g/mol. The minimum atomic E-state index is -0.242. The van der Waals surface area contributed by atoms with Crippen molar-refractivity contribution in [2.24, 2.45) is 0 Å². The van der Waals surface area contributed by atoms with Crippen molar-refractivity contribution < 1.29 is 9.53 Å². The largest absolute Gasteiger partial charge is 0.469 e. The fourth-order valence-corrected chi connectivity index (χ4v) is 3.88. The van der Waals surface area contributed by atoms with Crippen LogP contribution in [-0.2, 0) is 16.0 Å². The van der Waals surface area contributed by atoms with Gasteiger partial charge in [0, 0.05) is 16.6 Å². The fraction of sp³-hybridized carbons (Fsp3) is 0.500. The number of benzene rings is 1. The lowest BCUT2D eigenvalue weighted by molar-refractivity contribution is -0.142. The summed E-state index contributed by atoms with van der Waals surface area (Å²) in [7, 11) is 4.24. The van der Waals surface area contributed by atoms with Crippen LogP contribution >= 0.6 is 9.24 Å². The summed E-state index contributed by atoms with van der Waals surface area (Å²) >= 11 is 0. The molecule has 3 nitrogen and oxygen atoms in total. The number of H-pyrrole nitrogens is 1. The highest BCUT2D eigenvalue weighted by molar-refractivity contribution is 7.27. The van der Waals surface area contributed by atoms with Crippen LogP contribution in [0.3, 0.4) is 0 Å². The first-order valence-electron chi connectivity index (χ1n) is 9.71. The number of aromatic nitrogens is 1. The number of carbonyl (C=O) groups is 1. The van der Waals surface area contributed by atoms with Crippen LogP contribution in [0.15, 0.2) is 29.8 Å². The molecule has 1 N–H and O–H groups in total. The van der Waals surface area contributed by atoms with Crippen LogP contribution in [0.4, 0.5) is 0 Å². The highest BCUT2D eigenvalue weighted by atomic mass is 31.0. The summed E-state index contributed by atoms with van der Waals surface area (Å²) in [6.07, 6.45) is 8.11. The van der Waals surface area contributed by atoms with Crippen molar-refractivity contribution in [3.63, 3.8) is 0 Å². The molecule has 1 aromatic heterocycles. The van der Waals surface area contributed by atoms with E-state index < -0.39 is 0 Å². The van der Waals surface area contributed by atoms with Gasteiger partial charge in [0.25, 0.3) is 0 Å². The minimum absolute atomic E-state index is 0.150. The average Bonchev–Trinajstić information content (AvgIpc) is 2.99. The highest BCUT2D eigenvalue weighted by Gasteiger charge is 2.26. The Kier molecular flexibility index (Phi) is 7.90. The third-order valence-corrected chi connectivity index (χ3v) is 5.45. The van der Waals surface area contributed by atoms with Crippen LogP contribution in [0, 0.1) is 0 Å². The van der Waals surface area contributed by atoms with Crippen molar-refractivity contribution in [1.29, 1.82) is 0 Å². The second-order valence-corrected chi connectivity index (χ2v) is 7.46. The summed E-state index contributed by atoms with van der Waals surface area (Å²) in [4.78, 5) is 16.1. The molecule has 2 rings (SSSR count). The predicted molar refractivity (Wildman–Crippen MR) is 114 cm³/mol. The molecule has 26 heavy (non-hydrogen) atoms. The van der Waals surface area contributed by atoms with Gasteiger partial charge < -0.3 is 9.72 Å². The van der Waals surface area contributed by atoms with E-state index in [2.05, 4.69) is 59.3 Å². The van der Waals surface area contributed by atoms with Gasteiger partial charge in [-0.05, 0) is 55.1 Å². The van der Waals surface area contributed by atoms with Crippen molar-refractivity contribution >= 4 is 31.4 Å². The van der Waals surface area contributed by atoms with Gasteiger partial charge in [-0.3, -0.25) is 4.79 Å². The van der Waals surface area contributed by atoms with Crippen molar-refractivity contribution in [2.75, 3.05) is 7.11 Å². The molecule has 0 spiro atoms. The van der Waals surface area contributed by atoms with Crippen LogP contribution in [0.2, 0.25) is 0 Å². The maximum absolute atomic E-state index is 12.6. The number of nitrogens with one attached hydrogen (secondary N) is 1. The number of esters is 1. The zero-order valence-corrected chi connectivity index (χ0v) is 17.7. The molecule has 0 bridgehead atoms. The first kappa shape index (κ1) is 20.7. The van der Waals surface area contributed by atoms with Gasteiger partial charge in [0.05, 0.1) is 13.0 Å². The Morgan fingerprint density at radius 3 is 2.62 bits per heavy atom. The number of hydrogen-bond acceptors (Lipinski definition) is 2. The van der Waals surface area contributed by atoms with Gasteiger partial charge in [0.2, 0.25) is 0 Å². The number of carbonyl (C=O) groups excluding carboxylic acids is 1. The smallest absolute Gasteiger partial charge is 0.314 e. The maximum Gasteiger partial charge on any atom is 0.314 e. The van der Waals surface area contributed by atoms with E-state index in [1.54, 1.807) is 0 Å². The van der Waals surface area contributed by atoms with Crippen LogP contribution in [0.25, 0.3) is 10.9 Å². The molecule has 1 heterocycles. The molecule has 0 aliphatic carbocycles. The first-order valence-corrected chi connectivity index (χ1v) is 10.3. The van der Waals surface area contributed by atoms with E-state index in [4.69, 9.17) is 4.74 Å². The average molecular weight is 373 g/mol. The van der Waals surface area contributed by atoms with Crippen molar-refractivity contribution in [3.8, 4) is 0 Å². The highest BCUT2D eigenvalue weighted by Crippen LogP contribution is 2.32. The molecule has 0 aliphatic heterocycles. The zero-order chi connectivity index (χ0) is 19.1. The van der Waals surface area contributed by atoms with Crippen LogP contribution in [0.1, 0.15) is 70.1 Å². The van der Waals surface area contributed by atoms with Crippen LogP contribution < -0.4 is 5.30 Å². The quantitative estimate of drug-likeness (QED) is 0.363. The van der Waals surface area contributed by atoms with E-state index in [-0.39, 0.29) is 11.9 Å². The van der Waals surface area contributed by atoms with Crippen molar-refractivity contribution in [1.82, 2.24) is 4.98 Å². The van der Waals surface area contributed by atoms with Gasteiger partial charge in [-0.25, -0.2) is 0 Å². The number of aryl methyl sites for hydroxylation is 1. The zero-order valence-electron chi connectivity index (χ0n) is 16.5. The Bertz CT molecular complexity index is 770. The molecule has 4 heteroatoms. The number of rotatable bonds is 9. The van der Waals surface area contributed by atoms with E-state index in [0.29, 0.717) is 0 Å². The molecule has 2 aromatic rings. The van der Waals surface area contributed by atoms with Gasteiger partial charge >= 0.3 is 5.97 Å². The summed E-state index contributed by atoms with van der Waals surface area (Å²) in [5, 5.41) is 2.38. The lowest BCUT2D eigenvalue weighted by atomic mass is 9.93. The number of methoxy groups -OCH3 is 1. The van der Waals surface area contributed by atoms with Gasteiger partial charge in [-0.15, -0.1) is 9.24 Å². The Morgan fingerprint density at radius 2 is 2.00 bits per heavy atom. The Balaban J connectivity index is 2.42. The number of ether oxygens (including phenoxy) is 1. The number of aromatic amines is 1. The third kappa shape index (κ3) is 4.76. The Labute approximate surface area is 159 Å². The normalized spacial score (nSPS) is 12.2. The van der Waals surface area contributed by atoms with Gasteiger partial charge in [-0.1, -0.05) is 44.9 Å². The molecule has 0 aliphatic rings. The molecule has 1 aromatic carbocycles. The van der Waals surface area contributed by atoms with E-state index >= 15 is 0 Å². The summed E-state index contributed by atoms with van der Waals surface area (Å²) in [6.45, 7) is 6.55. The Morgan fingerprint density at radius 1 is 1.27 bits per heavy atom. The predicted octanol–water partition coefficient (Wildman–Crippen LogP) is 5.40. The molecule has 2 unspecified atom stereocenters. The topological polar surface area (TPSA) is 42.1 Å². The summed E-state index contributed by atoms with van der Waals surface area (Å²) in [6, 6.07) is 6.36. The van der Waals surface area contributed by atoms with E-state index in [1.165, 1.54) is 23.6 Å². The number of hydrogen-bond donors (Lipinski definition) is 1. The molecule has 0 saturated heterocycles. The van der Waals surface area contributed by atoms with Gasteiger partial charge in [0.1, 0.15) is 0 Å². The van der Waals surface area contributed by atoms with Gasteiger partial charge in [0.15, 0.2) is 0 Å². The number of allylic oxidation sites excluding steroid dienone is 2. The molecule has 2 atom stereocenters. The van der Waals surface area contributed by atoms with Crippen LogP contribution in [-0.4, -0.2) is 18.1 Å². The Hall–Kier alpha value is -1.60. The lowest BCUT2D eigenvalue weighted by Crippen LogP contribution is -2.16.